The Bertz CT molecular complexity index is 344. The molecule has 1 amide bonds. The summed E-state index contributed by atoms with van der Waals surface area (Å²) in [5.74, 6) is 1.08. The maximum absolute atomic E-state index is 11.9. The van der Waals surface area contributed by atoms with Crippen LogP contribution in [0.25, 0.3) is 0 Å². The van der Waals surface area contributed by atoms with Gasteiger partial charge in [-0.1, -0.05) is 0 Å². The van der Waals surface area contributed by atoms with Crippen molar-refractivity contribution in [3.8, 4) is 0 Å². The summed E-state index contributed by atoms with van der Waals surface area (Å²) in [7, 11) is 0. The number of nitrogens with zero attached hydrogens (tertiary/aromatic N) is 3. The number of likely N-dealkylation sites (tertiary alicyclic amines) is 1. The average molecular weight is 226 g/mol. The summed E-state index contributed by atoms with van der Waals surface area (Å²) in [5.41, 5.74) is 0.597. The molecule has 2 rings (SSSR count). The third-order valence-corrected chi connectivity index (χ3v) is 3.06. The SMILES string of the molecule is O=C(c1ccnnc1)N1CCC(CCl)C1. The number of hydrogen-bond acceptors (Lipinski definition) is 3. The first kappa shape index (κ1) is 10.4. The van der Waals surface area contributed by atoms with Crippen LogP contribution in [0.2, 0.25) is 0 Å². The number of rotatable bonds is 2. The third-order valence-electron chi connectivity index (χ3n) is 2.62. The Kier molecular flexibility index (Phi) is 3.16. The van der Waals surface area contributed by atoms with E-state index in [1.165, 1.54) is 12.4 Å². The number of alkyl halides is 1. The maximum atomic E-state index is 11.9. The normalized spacial score (nSPS) is 20.6. The lowest BCUT2D eigenvalue weighted by Crippen LogP contribution is -2.29. The summed E-state index contributed by atoms with van der Waals surface area (Å²) in [4.78, 5) is 13.7. The van der Waals surface area contributed by atoms with Gasteiger partial charge >= 0.3 is 0 Å². The molecule has 1 atom stereocenters. The zero-order valence-corrected chi connectivity index (χ0v) is 9.02. The van der Waals surface area contributed by atoms with Crippen LogP contribution in [0.3, 0.4) is 0 Å². The van der Waals surface area contributed by atoms with E-state index in [1.807, 2.05) is 4.90 Å². The van der Waals surface area contributed by atoms with Gasteiger partial charge in [0.25, 0.3) is 5.91 Å². The molecule has 1 fully saturated rings. The van der Waals surface area contributed by atoms with Crippen molar-refractivity contribution < 1.29 is 4.79 Å². The molecule has 0 spiro atoms. The highest BCUT2D eigenvalue weighted by atomic mass is 35.5. The molecule has 0 N–H and O–H groups in total. The molecule has 4 nitrogen and oxygen atoms in total. The first-order chi connectivity index (χ1) is 7.31. The van der Waals surface area contributed by atoms with Gasteiger partial charge < -0.3 is 4.90 Å². The molecule has 0 aliphatic carbocycles. The van der Waals surface area contributed by atoms with E-state index in [2.05, 4.69) is 10.2 Å². The van der Waals surface area contributed by atoms with Crippen molar-refractivity contribution in [2.24, 2.45) is 5.92 Å². The van der Waals surface area contributed by atoms with Gasteiger partial charge in [0.2, 0.25) is 0 Å². The van der Waals surface area contributed by atoms with Crippen LogP contribution < -0.4 is 0 Å². The van der Waals surface area contributed by atoms with Crippen LogP contribution in [0.1, 0.15) is 16.8 Å². The summed E-state index contributed by atoms with van der Waals surface area (Å²) in [6.07, 6.45) is 4.02. The Hall–Kier alpha value is -1.16. The summed E-state index contributed by atoms with van der Waals surface area (Å²) < 4.78 is 0. The monoisotopic (exact) mass is 225 g/mol. The third kappa shape index (κ3) is 2.26. The van der Waals surface area contributed by atoms with Gasteiger partial charge in [-0.3, -0.25) is 4.79 Å². The molecule has 0 radical (unpaired) electrons. The zero-order chi connectivity index (χ0) is 10.7. The minimum Gasteiger partial charge on any atom is -0.338 e. The van der Waals surface area contributed by atoms with E-state index < -0.39 is 0 Å². The van der Waals surface area contributed by atoms with Gasteiger partial charge in [-0.25, -0.2) is 0 Å². The number of carbonyl (C=O) groups excluding carboxylic acids is 1. The van der Waals surface area contributed by atoms with Crippen LogP contribution >= 0.6 is 11.6 Å². The van der Waals surface area contributed by atoms with Crippen molar-refractivity contribution in [3.63, 3.8) is 0 Å². The van der Waals surface area contributed by atoms with Crippen molar-refractivity contribution >= 4 is 17.5 Å². The van der Waals surface area contributed by atoms with E-state index in [0.29, 0.717) is 17.4 Å². The number of halogens is 1. The van der Waals surface area contributed by atoms with Crippen LogP contribution in [-0.2, 0) is 0 Å². The molecule has 80 valence electrons. The molecule has 1 unspecified atom stereocenters. The number of carbonyl (C=O) groups is 1. The molecule has 0 bridgehead atoms. The van der Waals surface area contributed by atoms with Crippen molar-refractivity contribution in [1.82, 2.24) is 15.1 Å². The van der Waals surface area contributed by atoms with Gasteiger partial charge in [0.05, 0.1) is 18.0 Å². The Morgan fingerprint density at radius 3 is 3.07 bits per heavy atom. The smallest absolute Gasteiger partial charge is 0.255 e. The molecule has 0 saturated carbocycles. The quantitative estimate of drug-likeness (QED) is 0.710. The summed E-state index contributed by atoms with van der Waals surface area (Å²) in [6.45, 7) is 1.54. The molecule has 5 heteroatoms. The zero-order valence-electron chi connectivity index (χ0n) is 8.27. The van der Waals surface area contributed by atoms with E-state index in [-0.39, 0.29) is 5.91 Å². The number of hydrogen-bond donors (Lipinski definition) is 0. The molecule has 0 aromatic carbocycles. The fraction of sp³-hybridized carbons (Fsp3) is 0.500. The van der Waals surface area contributed by atoms with E-state index >= 15 is 0 Å². The van der Waals surface area contributed by atoms with Crippen molar-refractivity contribution in [3.05, 3.63) is 24.0 Å². The van der Waals surface area contributed by atoms with Crippen molar-refractivity contribution in [2.45, 2.75) is 6.42 Å². The van der Waals surface area contributed by atoms with E-state index in [1.54, 1.807) is 6.07 Å². The van der Waals surface area contributed by atoms with Crippen molar-refractivity contribution in [1.29, 1.82) is 0 Å². The van der Waals surface area contributed by atoms with Gasteiger partial charge in [-0.05, 0) is 18.4 Å². The fourth-order valence-electron chi connectivity index (χ4n) is 1.74. The van der Waals surface area contributed by atoms with Crippen molar-refractivity contribution in [2.75, 3.05) is 19.0 Å². The molecule has 15 heavy (non-hydrogen) atoms. The Labute approximate surface area is 93.2 Å². The Morgan fingerprint density at radius 2 is 2.47 bits per heavy atom. The van der Waals surface area contributed by atoms with E-state index in [4.69, 9.17) is 11.6 Å². The maximum Gasteiger partial charge on any atom is 0.255 e. The number of aromatic nitrogens is 2. The predicted molar refractivity (Wildman–Crippen MR) is 56.8 cm³/mol. The highest BCUT2D eigenvalue weighted by Crippen LogP contribution is 2.19. The second-order valence-electron chi connectivity index (χ2n) is 3.69. The molecular formula is C10H12ClN3O. The molecule has 1 aliphatic heterocycles. The predicted octanol–water partition coefficient (Wildman–Crippen LogP) is 1.18. The van der Waals surface area contributed by atoms with Crippen LogP contribution in [-0.4, -0.2) is 40.0 Å². The largest absolute Gasteiger partial charge is 0.338 e. The Balaban J connectivity index is 2.04. The summed E-state index contributed by atoms with van der Waals surface area (Å²) in [6, 6.07) is 1.68. The fourth-order valence-corrected chi connectivity index (χ4v) is 1.99. The average Bonchev–Trinajstić information content (AvgIpc) is 2.78. The van der Waals surface area contributed by atoms with E-state index in [9.17, 15) is 4.79 Å². The molecular weight excluding hydrogens is 214 g/mol. The van der Waals surface area contributed by atoms with Crippen LogP contribution in [0.15, 0.2) is 18.5 Å². The van der Waals surface area contributed by atoms with Crippen LogP contribution in [0, 0.1) is 5.92 Å². The highest BCUT2D eigenvalue weighted by molar-refractivity contribution is 6.18. The summed E-state index contributed by atoms with van der Waals surface area (Å²) in [5, 5.41) is 7.34. The first-order valence-electron chi connectivity index (χ1n) is 4.93. The first-order valence-corrected chi connectivity index (χ1v) is 5.46. The second-order valence-corrected chi connectivity index (χ2v) is 4.00. The lowest BCUT2D eigenvalue weighted by molar-refractivity contribution is 0.0787. The van der Waals surface area contributed by atoms with Gasteiger partial charge in [0, 0.05) is 19.0 Å². The minimum atomic E-state index is 0.0255. The number of amides is 1. The Morgan fingerprint density at radius 1 is 1.60 bits per heavy atom. The summed E-state index contributed by atoms with van der Waals surface area (Å²) >= 11 is 5.76. The second kappa shape index (κ2) is 4.57. The van der Waals surface area contributed by atoms with Gasteiger partial charge in [0.15, 0.2) is 0 Å². The van der Waals surface area contributed by atoms with Gasteiger partial charge in [-0.15, -0.1) is 11.6 Å². The van der Waals surface area contributed by atoms with Crippen LogP contribution in [0.4, 0.5) is 0 Å². The molecule has 1 saturated heterocycles. The molecule has 2 heterocycles. The lowest BCUT2D eigenvalue weighted by Gasteiger charge is -2.15. The minimum absolute atomic E-state index is 0.0255. The molecule has 1 aromatic rings. The van der Waals surface area contributed by atoms with Crippen LogP contribution in [0.5, 0.6) is 0 Å². The highest BCUT2D eigenvalue weighted by Gasteiger charge is 2.26. The standard InChI is InChI=1S/C10H12ClN3O/c11-5-8-2-4-14(7-8)10(15)9-1-3-12-13-6-9/h1,3,6,8H,2,4-5,7H2. The molecule has 1 aromatic heterocycles. The van der Waals surface area contributed by atoms with Gasteiger partial charge in [-0.2, -0.15) is 10.2 Å². The van der Waals surface area contributed by atoms with E-state index in [0.717, 1.165) is 19.5 Å². The molecule has 1 aliphatic rings. The lowest BCUT2D eigenvalue weighted by atomic mass is 10.2. The topological polar surface area (TPSA) is 46.1 Å². The van der Waals surface area contributed by atoms with Gasteiger partial charge in [0.1, 0.15) is 0 Å².